The molecule has 2 rings (SSSR count). The molecule has 0 aliphatic carbocycles. The van der Waals surface area contributed by atoms with Crippen molar-refractivity contribution in [1.82, 2.24) is 0 Å². The zero-order valence-corrected chi connectivity index (χ0v) is 12.9. The molecule has 2 aromatic rings. The summed E-state index contributed by atoms with van der Waals surface area (Å²) < 4.78 is 0. The van der Waals surface area contributed by atoms with Crippen LogP contribution in [0.4, 0.5) is 11.4 Å². The fraction of sp³-hybridized carbons (Fsp3) is 0.200. The van der Waals surface area contributed by atoms with Gasteiger partial charge in [0.25, 0.3) is 5.69 Å². The summed E-state index contributed by atoms with van der Waals surface area (Å²) in [7, 11) is 0. The summed E-state index contributed by atoms with van der Waals surface area (Å²) in [5.74, 6) is 0. The van der Waals surface area contributed by atoms with Gasteiger partial charge in [-0.15, -0.1) is 0 Å². The van der Waals surface area contributed by atoms with Crippen LogP contribution in [-0.4, -0.2) is 4.92 Å². The molecule has 0 aromatic heterocycles. The molecule has 6 heteroatoms. The van der Waals surface area contributed by atoms with Crippen LogP contribution in [0.3, 0.4) is 0 Å². The first kappa shape index (κ1) is 15.6. The number of hydrogen-bond acceptors (Lipinski definition) is 3. The van der Waals surface area contributed by atoms with E-state index in [2.05, 4.69) is 5.32 Å². The smallest absolute Gasteiger partial charge is 0.289 e. The molecule has 0 saturated heterocycles. The van der Waals surface area contributed by atoms with Crippen molar-refractivity contribution in [3.8, 4) is 0 Å². The van der Waals surface area contributed by atoms with E-state index in [1.54, 1.807) is 6.07 Å². The molecule has 0 amide bonds. The molecule has 110 valence electrons. The van der Waals surface area contributed by atoms with Gasteiger partial charge < -0.3 is 5.32 Å². The first-order valence-electron chi connectivity index (χ1n) is 6.47. The van der Waals surface area contributed by atoms with Gasteiger partial charge in [0.2, 0.25) is 0 Å². The Bertz CT molecular complexity index is 645. The normalized spacial score (nSPS) is 12.0. The Morgan fingerprint density at radius 2 is 1.86 bits per heavy atom. The van der Waals surface area contributed by atoms with Crippen molar-refractivity contribution < 1.29 is 4.92 Å². The lowest BCUT2D eigenvalue weighted by Crippen LogP contribution is -2.09. The number of nitrogens with zero attached hydrogens (tertiary/aromatic N) is 1. The molecule has 0 heterocycles. The van der Waals surface area contributed by atoms with E-state index in [0.717, 1.165) is 12.0 Å². The van der Waals surface area contributed by atoms with Gasteiger partial charge in [-0.2, -0.15) is 0 Å². The molecule has 0 aliphatic heterocycles. The average Bonchev–Trinajstić information content (AvgIpc) is 2.47. The van der Waals surface area contributed by atoms with E-state index in [4.69, 9.17) is 23.2 Å². The van der Waals surface area contributed by atoms with Crippen molar-refractivity contribution in [1.29, 1.82) is 0 Å². The fourth-order valence-corrected chi connectivity index (χ4v) is 2.37. The van der Waals surface area contributed by atoms with Gasteiger partial charge in [-0.25, -0.2) is 0 Å². The third-order valence-electron chi connectivity index (χ3n) is 3.16. The molecule has 4 nitrogen and oxygen atoms in total. The van der Waals surface area contributed by atoms with Crippen molar-refractivity contribution in [2.75, 3.05) is 5.32 Å². The predicted molar refractivity (Wildman–Crippen MR) is 86.2 cm³/mol. The van der Waals surface area contributed by atoms with Crippen molar-refractivity contribution in [3.05, 3.63) is 68.2 Å². The van der Waals surface area contributed by atoms with E-state index in [9.17, 15) is 10.1 Å². The van der Waals surface area contributed by atoms with Crippen LogP contribution >= 0.6 is 23.2 Å². The van der Waals surface area contributed by atoms with Crippen LogP contribution in [-0.2, 0) is 0 Å². The molecule has 0 aliphatic rings. The molecule has 1 atom stereocenters. The van der Waals surface area contributed by atoms with Crippen molar-refractivity contribution in [3.63, 3.8) is 0 Å². The minimum absolute atomic E-state index is 0.0445. The van der Waals surface area contributed by atoms with Gasteiger partial charge in [-0.3, -0.25) is 10.1 Å². The zero-order valence-electron chi connectivity index (χ0n) is 11.3. The lowest BCUT2D eigenvalue weighted by atomic mass is 10.0. The van der Waals surface area contributed by atoms with Gasteiger partial charge in [-0.05, 0) is 36.2 Å². The Balaban J connectivity index is 2.24. The van der Waals surface area contributed by atoms with Crippen LogP contribution in [0.1, 0.15) is 24.9 Å². The Kier molecular flexibility index (Phi) is 5.04. The molecule has 1 unspecified atom stereocenters. The molecular formula is C15H14Cl2N2O2. The third-order valence-corrected chi connectivity index (χ3v) is 3.74. The highest BCUT2D eigenvalue weighted by atomic mass is 35.5. The monoisotopic (exact) mass is 324 g/mol. The molecule has 0 fully saturated rings. The summed E-state index contributed by atoms with van der Waals surface area (Å²) in [5, 5.41) is 15.0. The second-order valence-electron chi connectivity index (χ2n) is 4.58. The summed E-state index contributed by atoms with van der Waals surface area (Å²) in [6.45, 7) is 2.04. The Morgan fingerprint density at radius 1 is 1.19 bits per heavy atom. The maximum Gasteiger partial charge on any atom is 0.289 e. The maximum atomic E-state index is 10.9. The van der Waals surface area contributed by atoms with E-state index < -0.39 is 4.92 Å². The predicted octanol–water partition coefficient (Wildman–Crippen LogP) is 5.46. The lowest BCUT2D eigenvalue weighted by Gasteiger charge is -2.19. The number of halogens is 2. The van der Waals surface area contributed by atoms with E-state index in [-0.39, 0.29) is 16.8 Å². The van der Waals surface area contributed by atoms with Crippen LogP contribution < -0.4 is 5.32 Å². The standard InChI is InChI=1S/C15H14Cl2N2O2/c1-2-14(10-3-5-11(16)6-4-10)18-12-7-8-13(17)15(9-12)19(20)21/h3-9,14,18H,2H2,1H3. The van der Waals surface area contributed by atoms with Gasteiger partial charge in [0, 0.05) is 16.8 Å². The van der Waals surface area contributed by atoms with Gasteiger partial charge in [-0.1, -0.05) is 42.3 Å². The molecule has 0 saturated carbocycles. The van der Waals surface area contributed by atoms with E-state index in [0.29, 0.717) is 10.7 Å². The zero-order chi connectivity index (χ0) is 15.4. The number of nitro groups is 1. The van der Waals surface area contributed by atoms with Crippen LogP contribution in [0.25, 0.3) is 0 Å². The highest BCUT2D eigenvalue weighted by molar-refractivity contribution is 6.32. The molecule has 1 N–H and O–H groups in total. The number of benzene rings is 2. The summed E-state index contributed by atoms with van der Waals surface area (Å²) in [5.41, 5.74) is 1.63. The van der Waals surface area contributed by atoms with Crippen molar-refractivity contribution >= 4 is 34.6 Å². The third kappa shape index (κ3) is 3.86. The number of hydrogen-bond donors (Lipinski definition) is 1. The second kappa shape index (κ2) is 6.78. The Morgan fingerprint density at radius 3 is 2.43 bits per heavy atom. The molecule has 21 heavy (non-hydrogen) atoms. The quantitative estimate of drug-likeness (QED) is 0.586. The molecule has 2 aromatic carbocycles. The van der Waals surface area contributed by atoms with E-state index in [1.807, 2.05) is 31.2 Å². The van der Waals surface area contributed by atoms with Crippen LogP contribution in [0.15, 0.2) is 42.5 Å². The molecular weight excluding hydrogens is 311 g/mol. The highest BCUT2D eigenvalue weighted by Crippen LogP contribution is 2.30. The summed E-state index contributed by atoms with van der Waals surface area (Å²) in [6, 6.07) is 12.3. The first-order valence-corrected chi connectivity index (χ1v) is 7.22. The second-order valence-corrected chi connectivity index (χ2v) is 5.42. The molecule has 0 bridgehead atoms. The van der Waals surface area contributed by atoms with Crippen molar-refractivity contribution in [2.24, 2.45) is 0 Å². The van der Waals surface area contributed by atoms with Crippen LogP contribution in [0.2, 0.25) is 10.0 Å². The number of nitro benzene ring substituents is 1. The Labute approximate surface area is 132 Å². The topological polar surface area (TPSA) is 55.2 Å². The SMILES string of the molecule is CCC(Nc1ccc(Cl)c([N+](=O)[O-])c1)c1ccc(Cl)cc1. The fourth-order valence-electron chi connectivity index (χ4n) is 2.06. The summed E-state index contributed by atoms with van der Waals surface area (Å²) >= 11 is 11.7. The average molecular weight is 325 g/mol. The summed E-state index contributed by atoms with van der Waals surface area (Å²) in [4.78, 5) is 10.4. The maximum absolute atomic E-state index is 10.9. The van der Waals surface area contributed by atoms with Gasteiger partial charge >= 0.3 is 0 Å². The number of nitrogens with one attached hydrogen (secondary N) is 1. The van der Waals surface area contributed by atoms with Crippen LogP contribution in [0.5, 0.6) is 0 Å². The Hall–Kier alpha value is -1.78. The summed E-state index contributed by atoms with van der Waals surface area (Å²) in [6.07, 6.45) is 0.831. The van der Waals surface area contributed by atoms with Gasteiger partial charge in [0.05, 0.1) is 11.0 Å². The van der Waals surface area contributed by atoms with E-state index in [1.165, 1.54) is 12.1 Å². The van der Waals surface area contributed by atoms with Crippen LogP contribution in [0, 0.1) is 10.1 Å². The largest absolute Gasteiger partial charge is 0.378 e. The first-order chi connectivity index (χ1) is 10.0. The van der Waals surface area contributed by atoms with E-state index >= 15 is 0 Å². The highest BCUT2D eigenvalue weighted by Gasteiger charge is 2.15. The number of anilines is 1. The molecule has 0 radical (unpaired) electrons. The molecule has 0 spiro atoms. The van der Waals surface area contributed by atoms with Gasteiger partial charge in [0.1, 0.15) is 5.02 Å². The minimum Gasteiger partial charge on any atom is -0.378 e. The minimum atomic E-state index is -0.489. The van der Waals surface area contributed by atoms with Crippen molar-refractivity contribution in [2.45, 2.75) is 19.4 Å². The lowest BCUT2D eigenvalue weighted by molar-refractivity contribution is -0.384. The van der Waals surface area contributed by atoms with Gasteiger partial charge in [0.15, 0.2) is 0 Å². The number of rotatable bonds is 5.